The molecule has 1 aromatic heterocycles. The van der Waals surface area contributed by atoms with Crippen molar-refractivity contribution in [3.63, 3.8) is 0 Å². The molecule has 6 nitrogen and oxygen atoms in total. The van der Waals surface area contributed by atoms with Gasteiger partial charge < -0.3 is 20.5 Å². The zero-order chi connectivity index (χ0) is 21.8. The molecule has 0 bridgehead atoms. The number of nitrogens with one attached hydrogen (secondary N) is 1. The number of carbonyl (C=O) groups excluding carboxylic acids is 1. The number of rotatable bonds is 5. The fourth-order valence-electron chi connectivity index (χ4n) is 2.96. The second-order valence-electron chi connectivity index (χ2n) is 7.94. The maximum Gasteiger partial charge on any atom is 0.416 e. The first-order valence-corrected chi connectivity index (χ1v) is 9.35. The molecule has 160 valence electrons. The largest absolute Gasteiger partial charge is 0.416 e. The van der Waals surface area contributed by atoms with Crippen LogP contribution in [0, 0.1) is 0 Å². The number of hydrogen-bond donors (Lipinski definition) is 2. The van der Waals surface area contributed by atoms with E-state index >= 15 is 0 Å². The number of alkyl halides is 3. The molecule has 0 spiro atoms. The van der Waals surface area contributed by atoms with Gasteiger partial charge in [-0.1, -0.05) is 38.6 Å². The predicted octanol–water partition coefficient (Wildman–Crippen LogP) is 4.24. The molecule has 1 fully saturated rings. The molecule has 1 aliphatic rings. The summed E-state index contributed by atoms with van der Waals surface area (Å²) in [5.41, 5.74) is 4.84. The van der Waals surface area contributed by atoms with Gasteiger partial charge >= 0.3 is 6.18 Å². The maximum absolute atomic E-state index is 12.8. The second-order valence-corrected chi connectivity index (χ2v) is 7.94. The van der Waals surface area contributed by atoms with Gasteiger partial charge in [0.15, 0.2) is 5.82 Å². The van der Waals surface area contributed by atoms with Gasteiger partial charge in [-0.15, -0.1) is 0 Å². The van der Waals surface area contributed by atoms with Crippen molar-refractivity contribution in [3.8, 4) is 0 Å². The molecule has 0 radical (unpaired) electrons. The van der Waals surface area contributed by atoms with Crippen molar-refractivity contribution in [2.75, 3.05) is 11.9 Å². The highest BCUT2D eigenvalue weighted by Gasteiger charge is 2.32. The van der Waals surface area contributed by atoms with Crippen LogP contribution in [0.1, 0.15) is 45.8 Å². The minimum absolute atomic E-state index is 0.0870. The average Bonchev–Trinajstić information content (AvgIpc) is 3.09. The van der Waals surface area contributed by atoms with Gasteiger partial charge in [-0.25, -0.2) is 0 Å². The van der Waals surface area contributed by atoms with Crippen LogP contribution in [0.25, 0.3) is 0 Å². The normalized spacial score (nSPS) is 19.2. The molecule has 1 aliphatic heterocycles. The molecule has 2 heterocycles. The van der Waals surface area contributed by atoms with Gasteiger partial charge in [0.25, 0.3) is 0 Å². The number of likely N-dealkylation sites (tertiary alicyclic amines) is 1. The summed E-state index contributed by atoms with van der Waals surface area (Å²) in [7, 11) is 0. The summed E-state index contributed by atoms with van der Waals surface area (Å²) >= 11 is 0. The predicted molar refractivity (Wildman–Crippen MR) is 105 cm³/mol. The number of nitrogens with two attached hydrogens (primary N) is 1. The molecular weight excluding hydrogens is 385 g/mol. The van der Waals surface area contributed by atoms with Crippen LogP contribution in [0.2, 0.25) is 0 Å². The topological polar surface area (TPSA) is 84.4 Å². The van der Waals surface area contributed by atoms with Gasteiger partial charge in [-0.3, -0.25) is 4.79 Å². The van der Waals surface area contributed by atoms with Crippen LogP contribution in [0.4, 0.5) is 19.0 Å². The van der Waals surface area contributed by atoms with Crippen LogP contribution in [0.15, 0.2) is 46.8 Å². The molecule has 29 heavy (non-hydrogen) atoms. The van der Waals surface area contributed by atoms with E-state index in [0.29, 0.717) is 24.5 Å². The number of halogens is 3. The van der Waals surface area contributed by atoms with Gasteiger partial charge in [0.1, 0.15) is 11.8 Å². The standard InChI is InChI=1S/C20H27F3N4O2/c1-5-13(20(21,22)23)9-10-16(24)27-11-7-6-8-14(27)18(28)25-17-12-15(29-26-17)19(2,3)4/h5,9-10,12,14H,1,6-8,11,24H2,2-4H3,(H,25,26,28)/b13-9+,16-10+. The molecule has 9 heteroatoms. The first kappa shape index (κ1) is 22.6. The van der Waals surface area contributed by atoms with Crippen molar-refractivity contribution < 1.29 is 22.5 Å². The Hall–Kier alpha value is -2.71. The Morgan fingerprint density at radius 2 is 2.03 bits per heavy atom. The van der Waals surface area contributed by atoms with Gasteiger partial charge in [0.2, 0.25) is 5.91 Å². The first-order chi connectivity index (χ1) is 13.4. The first-order valence-electron chi connectivity index (χ1n) is 9.35. The van der Waals surface area contributed by atoms with E-state index in [1.807, 2.05) is 20.8 Å². The van der Waals surface area contributed by atoms with Crippen molar-refractivity contribution in [1.29, 1.82) is 0 Å². The van der Waals surface area contributed by atoms with E-state index in [4.69, 9.17) is 10.3 Å². The number of piperidine rings is 1. The highest BCUT2D eigenvalue weighted by molar-refractivity contribution is 5.94. The highest BCUT2D eigenvalue weighted by atomic mass is 19.4. The number of allylic oxidation sites excluding steroid dienone is 4. The van der Waals surface area contributed by atoms with Crippen molar-refractivity contribution in [2.24, 2.45) is 5.73 Å². The molecule has 0 aromatic carbocycles. The molecule has 1 unspecified atom stereocenters. The fourth-order valence-corrected chi connectivity index (χ4v) is 2.96. The Morgan fingerprint density at radius 3 is 2.59 bits per heavy atom. The van der Waals surface area contributed by atoms with Crippen molar-refractivity contribution in [2.45, 2.75) is 57.7 Å². The number of anilines is 1. The molecule has 0 saturated carbocycles. The van der Waals surface area contributed by atoms with Crippen molar-refractivity contribution >= 4 is 11.7 Å². The Morgan fingerprint density at radius 1 is 1.34 bits per heavy atom. The third kappa shape index (κ3) is 5.88. The van der Waals surface area contributed by atoms with Gasteiger partial charge in [-0.2, -0.15) is 13.2 Å². The molecule has 2 rings (SSSR count). The van der Waals surface area contributed by atoms with Crippen LogP contribution in [0.3, 0.4) is 0 Å². The summed E-state index contributed by atoms with van der Waals surface area (Å²) in [6.45, 7) is 9.52. The highest BCUT2D eigenvalue weighted by Crippen LogP contribution is 2.28. The third-order valence-corrected chi connectivity index (χ3v) is 4.62. The van der Waals surface area contributed by atoms with E-state index in [1.165, 1.54) is 0 Å². The lowest BCUT2D eigenvalue weighted by Gasteiger charge is -2.36. The summed E-state index contributed by atoms with van der Waals surface area (Å²) in [5, 5.41) is 6.58. The minimum Gasteiger partial charge on any atom is -0.385 e. The fraction of sp³-hybridized carbons (Fsp3) is 0.500. The van der Waals surface area contributed by atoms with Gasteiger partial charge in [-0.05, 0) is 31.4 Å². The zero-order valence-corrected chi connectivity index (χ0v) is 16.8. The van der Waals surface area contributed by atoms with Crippen LogP contribution >= 0.6 is 0 Å². The number of hydrogen-bond acceptors (Lipinski definition) is 5. The Kier molecular flexibility index (Phi) is 6.81. The monoisotopic (exact) mass is 412 g/mol. The second kappa shape index (κ2) is 8.75. The quantitative estimate of drug-likeness (QED) is 0.707. The number of amides is 1. The molecule has 1 aromatic rings. The Balaban J connectivity index is 2.17. The number of aromatic nitrogens is 1. The summed E-state index contributed by atoms with van der Waals surface area (Å²) in [6, 6.07) is 1.05. The SMILES string of the molecule is C=C/C(=C\C=C(/N)N1CCCCC1C(=O)Nc1cc(C(C)(C)C)on1)C(F)(F)F. The molecule has 0 aliphatic carbocycles. The van der Waals surface area contributed by atoms with Crippen molar-refractivity contribution in [1.82, 2.24) is 10.1 Å². The molecule has 1 amide bonds. The lowest BCUT2D eigenvalue weighted by Crippen LogP contribution is -2.48. The van der Waals surface area contributed by atoms with Crippen LogP contribution in [-0.2, 0) is 10.2 Å². The third-order valence-electron chi connectivity index (χ3n) is 4.62. The van der Waals surface area contributed by atoms with E-state index in [0.717, 1.165) is 31.1 Å². The average molecular weight is 412 g/mol. The van der Waals surface area contributed by atoms with E-state index < -0.39 is 17.8 Å². The van der Waals surface area contributed by atoms with Gasteiger partial charge in [0.05, 0.1) is 11.4 Å². The smallest absolute Gasteiger partial charge is 0.385 e. The van der Waals surface area contributed by atoms with E-state index in [1.54, 1.807) is 11.0 Å². The van der Waals surface area contributed by atoms with E-state index in [2.05, 4.69) is 17.1 Å². The number of carbonyl (C=O) groups is 1. The summed E-state index contributed by atoms with van der Waals surface area (Å²) in [5.74, 6) is 0.670. The molecule has 3 N–H and O–H groups in total. The summed E-state index contributed by atoms with van der Waals surface area (Å²) in [4.78, 5) is 14.4. The van der Waals surface area contributed by atoms with Crippen molar-refractivity contribution in [3.05, 3.63) is 48.0 Å². The summed E-state index contributed by atoms with van der Waals surface area (Å²) < 4.78 is 43.8. The molecule has 1 saturated heterocycles. The lowest BCUT2D eigenvalue weighted by atomic mass is 9.93. The van der Waals surface area contributed by atoms with Crippen LogP contribution in [0.5, 0.6) is 0 Å². The lowest BCUT2D eigenvalue weighted by molar-refractivity contribution is -0.121. The molecule has 1 atom stereocenters. The van der Waals surface area contributed by atoms with Gasteiger partial charge in [0, 0.05) is 18.0 Å². The number of nitrogens with zero attached hydrogens (tertiary/aromatic N) is 2. The zero-order valence-electron chi connectivity index (χ0n) is 16.8. The minimum atomic E-state index is -4.52. The Labute approximate surface area is 168 Å². The van der Waals surface area contributed by atoms with E-state index in [9.17, 15) is 18.0 Å². The summed E-state index contributed by atoms with van der Waals surface area (Å²) in [6.07, 6.45) is 0.346. The maximum atomic E-state index is 12.8. The van der Waals surface area contributed by atoms with Crippen LogP contribution in [-0.4, -0.2) is 34.7 Å². The Bertz CT molecular complexity index is 803. The molecular formula is C20H27F3N4O2. The van der Waals surface area contributed by atoms with E-state index in [-0.39, 0.29) is 17.1 Å². The van der Waals surface area contributed by atoms with Crippen LogP contribution < -0.4 is 11.1 Å².